The minimum absolute atomic E-state index is 0.460. The van der Waals surface area contributed by atoms with Crippen LogP contribution < -0.4 is 0 Å². The predicted molar refractivity (Wildman–Crippen MR) is 79.9 cm³/mol. The summed E-state index contributed by atoms with van der Waals surface area (Å²) >= 11 is 1.89. The summed E-state index contributed by atoms with van der Waals surface area (Å²) in [5, 5.41) is 2.22. The van der Waals surface area contributed by atoms with Crippen molar-refractivity contribution in [2.75, 3.05) is 0 Å². The molecule has 1 aromatic carbocycles. The standard InChI is InChI=1S/C16H16N2S/c1-10-4-2-6-13-15(10)18-16(17-13)12-5-3-7-14-11(12)8-9-19-14/h2,4,6,8-9,12H,3,5,7H2,1H3,(H,17,18). The molecule has 0 spiro atoms. The molecule has 1 unspecified atom stereocenters. The maximum atomic E-state index is 4.86. The van der Waals surface area contributed by atoms with E-state index in [9.17, 15) is 0 Å². The molecule has 2 nitrogen and oxygen atoms in total. The zero-order valence-electron chi connectivity index (χ0n) is 10.9. The first-order valence-corrected chi connectivity index (χ1v) is 7.72. The molecule has 0 amide bonds. The van der Waals surface area contributed by atoms with Gasteiger partial charge in [-0.2, -0.15) is 0 Å². The number of rotatable bonds is 1. The number of para-hydroxylation sites is 1. The van der Waals surface area contributed by atoms with Crippen molar-refractivity contribution in [1.82, 2.24) is 9.97 Å². The average Bonchev–Trinajstić information content (AvgIpc) is 3.05. The van der Waals surface area contributed by atoms with Gasteiger partial charge in [-0.05, 0) is 54.8 Å². The Morgan fingerprint density at radius 1 is 1.32 bits per heavy atom. The number of nitrogens with zero attached hydrogens (tertiary/aromatic N) is 1. The summed E-state index contributed by atoms with van der Waals surface area (Å²) in [6, 6.07) is 8.63. The SMILES string of the molecule is Cc1cccc2[nH]c(C3CCCc4sccc43)nc12. The summed E-state index contributed by atoms with van der Waals surface area (Å²) in [4.78, 5) is 9.94. The van der Waals surface area contributed by atoms with E-state index in [1.807, 2.05) is 11.3 Å². The largest absolute Gasteiger partial charge is 0.341 e. The van der Waals surface area contributed by atoms with Crippen LogP contribution in [0.5, 0.6) is 0 Å². The van der Waals surface area contributed by atoms with Crippen molar-refractivity contribution >= 4 is 22.4 Å². The van der Waals surface area contributed by atoms with E-state index in [2.05, 4.69) is 41.6 Å². The summed E-state index contributed by atoms with van der Waals surface area (Å²) in [7, 11) is 0. The Kier molecular flexibility index (Phi) is 2.49. The zero-order chi connectivity index (χ0) is 12.8. The number of imidazole rings is 1. The van der Waals surface area contributed by atoms with Gasteiger partial charge in [0.2, 0.25) is 0 Å². The predicted octanol–water partition coefficient (Wildman–Crippen LogP) is 4.40. The molecular formula is C16H16N2S. The normalized spacial score (nSPS) is 18.7. The molecule has 0 saturated heterocycles. The maximum Gasteiger partial charge on any atom is 0.114 e. The molecule has 19 heavy (non-hydrogen) atoms. The van der Waals surface area contributed by atoms with Crippen LogP contribution in [0.4, 0.5) is 0 Å². The molecule has 0 saturated carbocycles. The Hall–Kier alpha value is -1.61. The smallest absolute Gasteiger partial charge is 0.114 e. The minimum atomic E-state index is 0.460. The first-order valence-electron chi connectivity index (χ1n) is 6.84. The van der Waals surface area contributed by atoms with Gasteiger partial charge in [-0.15, -0.1) is 11.3 Å². The van der Waals surface area contributed by atoms with Gasteiger partial charge in [0.15, 0.2) is 0 Å². The van der Waals surface area contributed by atoms with Gasteiger partial charge in [0, 0.05) is 10.8 Å². The van der Waals surface area contributed by atoms with Gasteiger partial charge >= 0.3 is 0 Å². The quantitative estimate of drug-likeness (QED) is 0.696. The molecule has 1 aliphatic rings. The Bertz CT molecular complexity index is 738. The molecule has 96 valence electrons. The van der Waals surface area contributed by atoms with E-state index in [1.54, 1.807) is 4.88 Å². The number of fused-ring (bicyclic) bond motifs is 2. The summed E-state index contributed by atoms with van der Waals surface area (Å²) < 4.78 is 0. The first kappa shape index (κ1) is 11.2. The molecular weight excluding hydrogens is 252 g/mol. The molecule has 2 aromatic heterocycles. The fourth-order valence-corrected chi connectivity index (χ4v) is 4.12. The number of hydrogen-bond donors (Lipinski definition) is 1. The van der Waals surface area contributed by atoms with Gasteiger partial charge in [-0.25, -0.2) is 4.98 Å². The Morgan fingerprint density at radius 2 is 2.26 bits per heavy atom. The molecule has 0 bridgehead atoms. The zero-order valence-corrected chi connectivity index (χ0v) is 11.8. The molecule has 1 aliphatic carbocycles. The van der Waals surface area contributed by atoms with Crippen LogP contribution in [0.25, 0.3) is 11.0 Å². The molecule has 3 heteroatoms. The number of thiophene rings is 1. The number of aromatic amines is 1. The highest BCUT2D eigenvalue weighted by Gasteiger charge is 2.25. The monoisotopic (exact) mass is 268 g/mol. The van der Waals surface area contributed by atoms with Gasteiger partial charge in [0.05, 0.1) is 11.0 Å². The lowest BCUT2D eigenvalue weighted by atomic mass is 9.87. The van der Waals surface area contributed by atoms with Crippen molar-refractivity contribution in [1.29, 1.82) is 0 Å². The van der Waals surface area contributed by atoms with Gasteiger partial charge in [-0.1, -0.05) is 12.1 Å². The number of aryl methyl sites for hydroxylation is 2. The number of aromatic nitrogens is 2. The average molecular weight is 268 g/mol. The second-order valence-corrected chi connectivity index (χ2v) is 6.34. The first-order chi connectivity index (χ1) is 9.33. The van der Waals surface area contributed by atoms with Crippen LogP contribution in [0.1, 0.15) is 40.6 Å². The highest BCUT2D eigenvalue weighted by atomic mass is 32.1. The van der Waals surface area contributed by atoms with Crippen LogP contribution in [0.15, 0.2) is 29.6 Å². The van der Waals surface area contributed by atoms with E-state index < -0.39 is 0 Å². The number of benzene rings is 1. The van der Waals surface area contributed by atoms with Crippen LogP contribution in [0.2, 0.25) is 0 Å². The van der Waals surface area contributed by atoms with E-state index in [0.717, 1.165) is 16.9 Å². The van der Waals surface area contributed by atoms with Crippen LogP contribution in [0.3, 0.4) is 0 Å². The highest BCUT2D eigenvalue weighted by Crippen LogP contribution is 2.38. The Balaban J connectivity index is 1.86. The van der Waals surface area contributed by atoms with Gasteiger partial charge in [-0.3, -0.25) is 0 Å². The van der Waals surface area contributed by atoms with Gasteiger partial charge in [0.25, 0.3) is 0 Å². The fraction of sp³-hybridized carbons (Fsp3) is 0.312. The van der Waals surface area contributed by atoms with Gasteiger partial charge < -0.3 is 4.98 Å². The van der Waals surface area contributed by atoms with Crippen LogP contribution in [-0.4, -0.2) is 9.97 Å². The van der Waals surface area contributed by atoms with Crippen molar-refractivity contribution in [3.05, 3.63) is 51.5 Å². The summed E-state index contributed by atoms with van der Waals surface area (Å²) in [6.07, 6.45) is 3.72. The molecule has 3 aromatic rings. The molecule has 0 fully saturated rings. The van der Waals surface area contributed by atoms with Crippen molar-refractivity contribution in [2.45, 2.75) is 32.1 Å². The second kappa shape index (κ2) is 4.20. The lowest BCUT2D eigenvalue weighted by molar-refractivity contribution is 0.604. The van der Waals surface area contributed by atoms with Crippen molar-refractivity contribution in [2.24, 2.45) is 0 Å². The molecule has 0 aliphatic heterocycles. The molecule has 2 heterocycles. The van der Waals surface area contributed by atoms with E-state index in [1.165, 1.54) is 30.4 Å². The number of hydrogen-bond acceptors (Lipinski definition) is 2. The lowest BCUT2D eigenvalue weighted by Gasteiger charge is -2.20. The van der Waals surface area contributed by atoms with E-state index in [-0.39, 0.29) is 0 Å². The third-order valence-corrected chi connectivity index (χ3v) is 5.11. The third-order valence-electron chi connectivity index (χ3n) is 4.11. The Morgan fingerprint density at radius 3 is 3.16 bits per heavy atom. The van der Waals surface area contributed by atoms with Crippen LogP contribution in [0, 0.1) is 6.92 Å². The van der Waals surface area contributed by atoms with Crippen molar-refractivity contribution in [3.8, 4) is 0 Å². The van der Waals surface area contributed by atoms with Crippen LogP contribution >= 0.6 is 11.3 Å². The lowest BCUT2D eigenvalue weighted by Crippen LogP contribution is -2.09. The van der Waals surface area contributed by atoms with Crippen molar-refractivity contribution in [3.63, 3.8) is 0 Å². The summed E-state index contributed by atoms with van der Waals surface area (Å²) in [6.45, 7) is 2.13. The van der Waals surface area contributed by atoms with Gasteiger partial charge in [0.1, 0.15) is 5.82 Å². The molecule has 0 radical (unpaired) electrons. The number of H-pyrrole nitrogens is 1. The summed E-state index contributed by atoms with van der Waals surface area (Å²) in [5.41, 5.74) is 5.03. The fourth-order valence-electron chi connectivity index (χ4n) is 3.13. The van der Waals surface area contributed by atoms with Crippen molar-refractivity contribution < 1.29 is 0 Å². The third kappa shape index (κ3) is 1.72. The molecule has 1 N–H and O–H groups in total. The van der Waals surface area contributed by atoms with E-state index >= 15 is 0 Å². The summed E-state index contributed by atoms with van der Waals surface area (Å²) in [5.74, 6) is 1.60. The second-order valence-electron chi connectivity index (χ2n) is 5.34. The highest BCUT2D eigenvalue weighted by molar-refractivity contribution is 7.10. The van der Waals surface area contributed by atoms with Crippen LogP contribution in [-0.2, 0) is 6.42 Å². The molecule has 1 atom stereocenters. The van der Waals surface area contributed by atoms with E-state index in [0.29, 0.717) is 5.92 Å². The topological polar surface area (TPSA) is 28.7 Å². The minimum Gasteiger partial charge on any atom is -0.341 e. The maximum absolute atomic E-state index is 4.86. The number of nitrogens with one attached hydrogen (secondary N) is 1. The molecule has 4 rings (SSSR count). The Labute approximate surface area is 116 Å². The van der Waals surface area contributed by atoms with E-state index in [4.69, 9.17) is 4.98 Å².